The highest BCUT2D eigenvalue weighted by atomic mass is 14.9. The molecule has 0 bridgehead atoms. The van der Waals surface area contributed by atoms with Gasteiger partial charge in [0.15, 0.2) is 0 Å². The number of nitriles is 1. The first kappa shape index (κ1) is 9.25. The molecule has 2 heteroatoms. The molecule has 0 radical (unpaired) electrons. The topological polar surface area (TPSA) is 36.1 Å². The second-order valence-electron chi connectivity index (χ2n) is 3.87. The lowest BCUT2D eigenvalue weighted by Gasteiger charge is -2.13. The molecule has 1 fully saturated rings. The molecule has 0 aromatic heterocycles. The van der Waals surface area contributed by atoms with Gasteiger partial charge in [0.1, 0.15) is 5.54 Å². The number of nitrogens with zero attached hydrogens (tertiary/aromatic N) is 2. The van der Waals surface area contributed by atoms with Crippen LogP contribution >= 0.6 is 0 Å². The van der Waals surface area contributed by atoms with E-state index in [0.29, 0.717) is 5.92 Å². The maximum atomic E-state index is 8.97. The van der Waals surface area contributed by atoms with Crippen LogP contribution in [0, 0.1) is 17.2 Å². The molecule has 1 saturated carbocycles. The van der Waals surface area contributed by atoms with Gasteiger partial charge in [0.25, 0.3) is 0 Å². The summed E-state index contributed by atoms with van der Waals surface area (Å²) >= 11 is 0. The molecule has 0 saturated heterocycles. The molecular weight excluding hydrogens is 148 g/mol. The van der Waals surface area contributed by atoms with E-state index in [0.717, 1.165) is 25.7 Å². The summed E-state index contributed by atoms with van der Waals surface area (Å²) in [5.41, 5.74) is -0.357. The molecule has 1 aliphatic carbocycles. The van der Waals surface area contributed by atoms with Crippen molar-refractivity contribution in [1.29, 1.82) is 5.26 Å². The van der Waals surface area contributed by atoms with Gasteiger partial charge in [0.2, 0.25) is 0 Å². The van der Waals surface area contributed by atoms with Crippen molar-refractivity contribution in [3.8, 4) is 6.07 Å². The largest absolute Gasteiger partial charge is 0.275 e. The predicted octanol–water partition coefficient (Wildman–Crippen LogP) is 2.55. The Labute approximate surface area is 74.3 Å². The zero-order valence-corrected chi connectivity index (χ0v) is 7.88. The molecule has 2 nitrogen and oxygen atoms in total. The second-order valence-corrected chi connectivity index (χ2v) is 3.87. The van der Waals surface area contributed by atoms with Crippen LogP contribution in [0.2, 0.25) is 0 Å². The van der Waals surface area contributed by atoms with Crippen LogP contribution in [0.25, 0.3) is 0 Å². The van der Waals surface area contributed by atoms with E-state index in [9.17, 15) is 0 Å². The summed E-state index contributed by atoms with van der Waals surface area (Å²) in [5.74, 6) is 0.454. The van der Waals surface area contributed by atoms with Crippen LogP contribution in [0.5, 0.6) is 0 Å². The van der Waals surface area contributed by atoms with E-state index in [1.54, 1.807) is 0 Å². The number of hydrogen-bond acceptors (Lipinski definition) is 2. The fourth-order valence-corrected chi connectivity index (χ4v) is 1.52. The molecule has 0 aromatic rings. The van der Waals surface area contributed by atoms with Gasteiger partial charge in [0, 0.05) is 6.21 Å². The van der Waals surface area contributed by atoms with Crippen molar-refractivity contribution < 1.29 is 0 Å². The van der Waals surface area contributed by atoms with Crippen molar-refractivity contribution >= 4 is 6.21 Å². The van der Waals surface area contributed by atoms with Crippen molar-refractivity contribution in [1.82, 2.24) is 0 Å². The summed E-state index contributed by atoms with van der Waals surface area (Å²) in [4.78, 5) is 4.39. The molecule has 0 N–H and O–H groups in total. The van der Waals surface area contributed by atoms with E-state index in [-0.39, 0.29) is 5.54 Å². The Hall–Kier alpha value is -0.840. The van der Waals surface area contributed by atoms with Crippen LogP contribution in [-0.2, 0) is 0 Å². The van der Waals surface area contributed by atoms with E-state index in [2.05, 4.69) is 24.9 Å². The Balaban J connectivity index is 2.63. The lowest BCUT2D eigenvalue weighted by atomic mass is 10.0. The number of rotatable bonds is 2. The average molecular weight is 164 g/mol. The normalized spacial score (nSPS) is 21.8. The maximum absolute atomic E-state index is 8.97. The first-order valence-electron chi connectivity index (χ1n) is 4.65. The van der Waals surface area contributed by atoms with E-state index in [1.807, 2.05) is 6.21 Å². The average Bonchev–Trinajstić information content (AvgIpc) is 2.50. The van der Waals surface area contributed by atoms with Gasteiger partial charge in [-0.3, -0.25) is 4.99 Å². The third-order valence-electron chi connectivity index (χ3n) is 2.26. The highest BCUT2D eigenvalue weighted by Crippen LogP contribution is 2.32. The minimum absolute atomic E-state index is 0.357. The zero-order chi connectivity index (χ0) is 9.03. The Morgan fingerprint density at radius 2 is 2.00 bits per heavy atom. The van der Waals surface area contributed by atoms with Crippen molar-refractivity contribution in [3.05, 3.63) is 0 Å². The molecule has 0 unspecified atom stereocenters. The molecule has 66 valence electrons. The van der Waals surface area contributed by atoms with Crippen LogP contribution < -0.4 is 0 Å². The fraction of sp³-hybridized carbons (Fsp3) is 0.800. The minimum atomic E-state index is -0.357. The Kier molecular flexibility index (Phi) is 2.86. The van der Waals surface area contributed by atoms with Crippen LogP contribution in [0.1, 0.15) is 39.5 Å². The molecule has 1 aliphatic rings. The van der Waals surface area contributed by atoms with Gasteiger partial charge < -0.3 is 0 Å². The lowest BCUT2D eigenvalue weighted by Crippen LogP contribution is -2.19. The third-order valence-corrected chi connectivity index (χ3v) is 2.26. The van der Waals surface area contributed by atoms with Crippen LogP contribution in [0.3, 0.4) is 0 Å². The summed E-state index contributed by atoms with van der Waals surface area (Å²) < 4.78 is 0. The van der Waals surface area contributed by atoms with Gasteiger partial charge in [-0.05, 0) is 31.6 Å². The highest BCUT2D eigenvalue weighted by molar-refractivity contribution is 5.60. The van der Waals surface area contributed by atoms with Gasteiger partial charge in [-0.2, -0.15) is 5.26 Å². The third kappa shape index (κ3) is 2.07. The van der Waals surface area contributed by atoms with E-state index in [1.165, 1.54) is 0 Å². The van der Waals surface area contributed by atoms with E-state index >= 15 is 0 Å². The second kappa shape index (κ2) is 3.71. The summed E-state index contributed by atoms with van der Waals surface area (Å²) in [6, 6.07) is 2.33. The highest BCUT2D eigenvalue weighted by Gasteiger charge is 2.32. The van der Waals surface area contributed by atoms with Crippen molar-refractivity contribution in [2.24, 2.45) is 10.9 Å². The first-order chi connectivity index (χ1) is 5.68. The van der Waals surface area contributed by atoms with Crippen molar-refractivity contribution in [2.45, 2.75) is 45.1 Å². The minimum Gasteiger partial charge on any atom is -0.275 e. The summed E-state index contributed by atoms with van der Waals surface area (Å²) in [6.07, 6.45) is 6.12. The molecular formula is C10H16N2. The summed E-state index contributed by atoms with van der Waals surface area (Å²) in [5, 5.41) is 8.97. The van der Waals surface area contributed by atoms with Gasteiger partial charge >= 0.3 is 0 Å². The molecule has 0 heterocycles. The predicted molar refractivity (Wildman–Crippen MR) is 50.1 cm³/mol. The van der Waals surface area contributed by atoms with Crippen molar-refractivity contribution in [2.75, 3.05) is 0 Å². The smallest absolute Gasteiger partial charge is 0.146 e. The standard InChI is InChI=1S/C10H16N2/c1-9(2)7-12-10(8-11)5-3-4-6-10/h7,9H,3-6H2,1-2H3. The zero-order valence-electron chi connectivity index (χ0n) is 7.88. The van der Waals surface area contributed by atoms with Gasteiger partial charge in [-0.25, -0.2) is 0 Å². The molecule has 0 aromatic carbocycles. The molecule has 0 aliphatic heterocycles. The summed E-state index contributed by atoms with van der Waals surface area (Å²) in [7, 11) is 0. The molecule has 0 atom stereocenters. The monoisotopic (exact) mass is 164 g/mol. The molecule has 0 spiro atoms. The molecule has 12 heavy (non-hydrogen) atoms. The van der Waals surface area contributed by atoms with Gasteiger partial charge in [0.05, 0.1) is 6.07 Å². The Morgan fingerprint density at radius 1 is 1.42 bits per heavy atom. The van der Waals surface area contributed by atoms with Crippen LogP contribution in [0.15, 0.2) is 4.99 Å². The fourth-order valence-electron chi connectivity index (χ4n) is 1.52. The number of hydrogen-bond donors (Lipinski definition) is 0. The quantitative estimate of drug-likeness (QED) is 0.578. The first-order valence-corrected chi connectivity index (χ1v) is 4.65. The van der Waals surface area contributed by atoms with Crippen LogP contribution in [-0.4, -0.2) is 11.8 Å². The lowest BCUT2D eigenvalue weighted by molar-refractivity contribution is 0.566. The Bertz CT molecular complexity index is 204. The van der Waals surface area contributed by atoms with E-state index < -0.39 is 0 Å². The van der Waals surface area contributed by atoms with E-state index in [4.69, 9.17) is 5.26 Å². The van der Waals surface area contributed by atoms with Crippen LogP contribution in [0.4, 0.5) is 0 Å². The van der Waals surface area contributed by atoms with Gasteiger partial charge in [-0.15, -0.1) is 0 Å². The van der Waals surface area contributed by atoms with Crippen molar-refractivity contribution in [3.63, 3.8) is 0 Å². The maximum Gasteiger partial charge on any atom is 0.146 e. The molecule has 0 amide bonds. The Morgan fingerprint density at radius 3 is 2.42 bits per heavy atom. The van der Waals surface area contributed by atoms with Gasteiger partial charge in [-0.1, -0.05) is 13.8 Å². The summed E-state index contributed by atoms with van der Waals surface area (Å²) in [6.45, 7) is 4.17. The number of aliphatic imine (C=N–C) groups is 1. The SMILES string of the molecule is CC(C)C=NC1(C#N)CCCC1. The molecule has 1 rings (SSSR count).